The Morgan fingerprint density at radius 1 is 0.902 bits per heavy atom. The van der Waals surface area contributed by atoms with Crippen LogP contribution in [0.5, 0.6) is 5.75 Å². The van der Waals surface area contributed by atoms with Gasteiger partial charge in [0.2, 0.25) is 0 Å². The number of piperidine rings is 1. The minimum absolute atomic E-state index is 0.000880. The average Bonchev–Trinajstić information content (AvgIpc) is 3.31. The normalized spacial score (nSPS) is 22.4. The first-order valence-corrected chi connectivity index (χ1v) is 19.2. The molecule has 3 heterocycles. The van der Waals surface area contributed by atoms with Crippen molar-refractivity contribution >= 4 is 45.6 Å². The topological polar surface area (TPSA) is 132 Å². The molecule has 0 unspecified atom stereocenters. The maximum Gasteiger partial charge on any atom is 0.410 e. The van der Waals surface area contributed by atoms with Gasteiger partial charge in [0.15, 0.2) is 6.10 Å². The predicted molar refractivity (Wildman–Crippen MR) is 195 cm³/mol. The molecule has 13 heteroatoms. The molecule has 2 aromatic rings. The number of esters is 1. The van der Waals surface area contributed by atoms with Gasteiger partial charge in [-0.15, -0.1) is 0 Å². The third-order valence-corrected chi connectivity index (χ3v) is 11.6. The van der Waals surface area contributed by atoms with Gasteiger partial charge in [0.1, 0.15) is 5.75 Å². The molecule has 1 aliphatic carbocycles. The van der Waals surface area contributed by atoms with Gasteiger partial charge >= 0.3 is 18.1 Å². The van der Waals surface area contributed by atoms with E-state index in [1.165, 1.54) is 0 Å². The first-order chi connectivity index (χ1) is 24.7. The van der Waals surface area contributed by atoms with E-state index in [1.54, 1.807) is 28.0 Å². The second-order valence-electron chi connectivity index (χ2n) is 14.2. The van der Waals surface area contributed by atoms with E-state index in [1.807, 2.05) is 36.1 Å². The zero-order valence-electron chi connectivity index (χ0n) is 29.4. The summed E-state index contributed by atoms with van der Waals surface area (Å²) in [6.45, 7) is 6.28. The fraction of sp³-hybridized carbons (Fsp3) is 0.579. The van der Waals surface area contributed by atoms with Crippen molar-refractivity contribution in [3.63, 3.8) is 0 Å². The van der Waals surface area contributed by atoms with Gasteiger partial charge in [-0.3, -0.25) is 14.5 Å². The number of rotatable bonds is 9. The van der Waals surface area contributed by atoms with Gasteiger partial charge in [0.25, 0.3) is 5.91 Å². The third kappa shape index (κ3) is 9.34. The molecule has 4 amide bonds. The van der Waals surface area contributed by atoms with E-state index in [0.29, 0.717) is 75.0 Å². The number of carbonyl (C=O) groups excluding carboxylic acids is 4. The summed E-state index contributed by atoms with van der Waals surface area (Å²) in [4.78, 5) is 60.5. The lowest BCUT2D eigenvalue weighted by Crippen LogP contribution is -2.55. The van der Waals surface area contributed by atoms with Crippen LogP contribution in [0.4, 0.5) is 15.3 Å². The lowest BCUT2D eigenvalue weighted by molar-refractivity contribution is -0.144. The molecule has 2 saturated heterocycles. The van der Waals surface area contributed by atoms with Gasteiger partial charge in [0, 0.05) is 76.4 Å². The smallest absolute Gasteiger partial charge is 0.410 e. The number of carbonyl (C=O) groups is 4. The number of halogens is 1. The van der Waals surface area contributed by atoms with Crippen LogP contribution in [-0.2, 0) is 31.9 Å². The van der Waals surface area contributed by atoms with Crippen LogP contribution in [0.2, 0.25) is 0 Å². The Balaban J connectivity index is 1.03. The Kier molecular flexibility index (Phi) is 12.4. The molecule has 276 valence electrons. The van der Waals surface area contributed by atoms with Crippen molar-refractivity contribution < 1.29 is 33.8 Å². The number of phenols is 1. The number of aromatic hydroxyl groups is 1. The van der Waals surface area contributed by atoms with Crippen molar-refractivity contribution in [1.82, 2.24) is 19.6 Å². The lowest BCUT2D eigenvalue weighted by Gasteiger charge is -2.42. The number of para-hydroxylation sites is 1. The van der Waals surface area contributed by atoms with Gasteiger partial charge < -0.3 is 34.6 Å². The monoisotopic (exact) mass is 767 g/mol. The Bertz CT molecular complexity index is 1550. The van der Waals surface area contributed by atoms with E-state index < -0.39 is 12.2 Å². The number of amides is 4. The SMILES string of the molecule is CCOC(=O)C[C@H]1CC[C@@H](N2CCN(C(=O)[C@@H](Cc3ccc(O)c(Br)c3)OC(=O)N3CCC(N4CCc5ccccc5NC4=O)CC3)CC2)CC1. The number of benzene rings is 2. The summed E-state index contributed by atoms with van der Waals surface area (Å²) in [5, 5.41) is 13.1. The van der Waals surface area contributed by atoms with Crippen molar-refractivity contribution in [2.45, 2.75) is 82.9 Å². The molecule has 3 fully saturated rings. The van der Waals surface area contributed by atoms with E-state index >= 15 is 0 Å². The number of hydrogen-bond acceptors (Lipinski definition) is 8. The quantitative estimate of drug-likeness (QED) is 0.324. The van der Waals surface area contributed by atoms with Crippen molar-refractivity contribution in [3.05, 3.63) is 58.1 Å². The second kappa shape index (κ2) is 17.1. The standard InChI is InChI=1S/C38H50BrN5O7/c1-2-50-35(46)25-26-7-10-29(11-8-26)41-19-21-42(22-20-41)36(47)34(24-27-9-12-33(45)31(39)23-27)51-38(49)43-16-14-30(15-17-43)44-18-13-28-5-3-4-6-32(28)40-37(44)48/h3-6,9,12,23,26,29-30,34,45H,2,7-8,10-11,13-22,24-25H2,1H3,(H,40,48)/t26-,29+,34-/m1/s1. The summed E-state index contributed by atoms with van der Waals surface area (Å²) in [6, 6.07) is 13.2. The summed E-state index contributed by atoms with van der Waals surface area (Å²) in [5.74, 6) is 0.132. The molecule has 51 heavy (non-hydrogen) atoms. The maximum absolute atomic E-state index is 14.0. The molecule has 3 aliphatic heterocycles. The van der Waals surface area contributed by atoms with Crippen LogP contribution >= 0.6 is 15.9 Å². The minimum atomic E-state index is -1.02. The number of hydrogen-bond donors (Lipinski definition) is 2. The first-order valence-electron chi connectivity index (χ1n) is 18.5. The third-order valence-electron chi connectivity index (χ3n) is 11.0. The van der Waals surface area contributed by atoms with Crippen molar-refractivity contribution in [2.24, 2.45) is 5.92 Å². The van der Waals surface area contributed by atoms with Crippen molar-refractivity contribution in [2.75, 3.05) is 57.7 Å². The summed E-state index contributed by atoms with van der Waals surface area (Å²) < 4.78 is 11.7. The molecule has 0 radical (unpaired) electrons. The Hall–Kier alpha value is -3.84. The van der Waals surface area contributed by atoms with Crippen LogP contribution in [0.15, 0.2) is 46.9 Å². The molecule has 0 spiro atoms. The number of anilines is 1. The number of phenolic OH excluding ortho intramolecular Hbond substituents is 1. The predicted octanol–water partition coefficient (Wildman–Crippen LogP) is 5.41. The number of piperazine rings is 1. The minimum Gasteiger partial charge on any atom is -0.507 e. The summed E-state index contributed by atoms with van der Waals surface area (Å²) >= 11 is 3.36. The van der Waals surface area contributed by atoms with E-state index in [4.69, 9.17) is 9.47 Å². The zero-order valence-corrected chi connectivity index (χ0v) is 31.0. The molecule has 0 bridgehead atoms. The molecule has 0 aromatic heterocycles. The van der Waals surface area contributed by atoms with Crippen LogP contribution in [-0.4, -0.2) is 119 Å². The zero-order chi connectivity index (χ0) is 35.9. The molecule has 6 rings (SSSR count). The molecule has 2 aromatic carbocycles. The van der Waals surface area contributed by atoms with E-state index in [2.05, 4.69) is 26.1 Å². The average molecular weight is 769 g/mol. The highest BCUT2D eigenvalue weighted by atomic mass is 79.9. The van der Waals surface area contributed by atoms with E-state index in [-0.39, 0.29) is 36.1 Å². The molecular formula is C38H50BrN5O7. The first kappa shape index (κ1) is 36.9. The van der Waals surface area contributed by atoms with Crippen LogP contribution in [0.25, 0.3) is 0 Å². The van der Waals surface area contributed by atoms with E-state index in [9.17, 15) is 24.3 Å². The number of urea groups is 1. The molecule has 1 atom stereocenters. The molecule has 1 saturated carbocycles. The van der Waals surface area contributed by atoms with Crippen molar-refractivity contribution in [3.8, 4) is 5.75 Å². The molecular weight excluding hydrogens is 718 g/mol. The van der Waals surface area contributed by atoms with Crippen molar-refractivity contribution in [1.29, 1.82) is 0 Å². The fourth-order valence-electron chi connectivity index (χ4n) is 8.05. The fourth-order valence-corrected chi connectivity index (χ4v) is 8.47. The number of nitrogens with zero attached hydrogens (tertiary/aromatic N) is 4. The highest BCUT2D eigenvalue weighted by molar-refractivity contribution is 9.10. The Morgan fingerprint density at radius 2 is 1.63 bits per heavy atom. The number of ether oxygens (including phenoxy) is 2. The number of nitrogens with one attached hydrogen (secondary N) is 1. The van der Waals surface area contributed by atoms with Gasteiger partial charge in [-0.05, 0) is 103 Å². The van der Waals surface area contributed by atoms with Crippen LogP contribution in [0.1, 0.15) is 63.0 Å². The highest BCUT2D eigenvalue weighted by Crippen LogP contribution is 2.31. The van der Waals surface area contributed by atoms with Crippen LogP contribution in [0.3, 0.4) is 0 Å². The number of fused-ring (bicyclic) bond motifs is 1. The summed E-state index contributed by atoms with van der Waals surface area (Å²) in [7, 11) is 0. The highest BCUT2D eigenvalue weighted by Gasteiger charge is 2.36. The van der Waals surface area contributed by atoms with Crippen LogP contribution in [0, 0.1) is 5.92 Å². The number of likely N-dealkylation sites (tertiary alicyclic amines) is 1. The molecule has 12 nitrogen and oxygen atoms in total. The summed E-state index contributed by atoms with van der Waals surface area (Å²) in [5.41, 5.74) is 2.72. The maximum atomic E-state index is 14.0. The summed E-state index contributed by atoms with van der Waals surface area (Å²) in [6.07, 6.45) is 5.18. The molecule has 2 N–H and O–H groups in total. The molecule has 4 aliphatic rings. The van der Waals surface area contributed by atoms with Crippen LogP contribution < -0.4 is 5.32 Å². The van der Waals surface area contributed by atoms with Gasteiger partial charge in [-0.25, -0.2) is 9.59 Å². The Labute approximate surface area is 308 Å². The van der Waals surface area contributed by atoms with E-state index in [0.717, 1.165) is 62.0 Å². The van der Waals surface area contributed by atoms with Gasteiger partial charge in [-0.1, -0.05) is 24.3 Å². The van der Waals surface area contributed by atoms with Gasteiger partial charge in [0.05, 0.1) is 11.1 Å². The second-order valence-corrected chi connectivity index (χ2v) is 15.0. The lowest BCUT2D eigenvalue weighted by atomic mass is 9.83. The Morgan fingerprint density at radius 3 is 2.33 bits per heavy atom. The largest absolute Gasteiger partial charge is 0.507 e. The van der Waals surface area contributed by atoms with Gasteiger partial charge in [-0.2, -0.15) is 0 Å².